The molecule has 0 bridgehead atoms. The number of hydrogen-bond acceptors (Lipinski definition) is 4. The van der Waals surface area contributed by atoms with E-state index in [1.807, 2.05) is 19.9 Å². The van der Waals surface area contributed by atoms with Crippen LogP contribution in [0.3, 0.4) is 0 Å². The van der Waals surface area contributed by atoms with Gasteiger partial charge < -0.3 is 25.5 Å². The van der Waals surface area contributed by atoms with Crippen molar-refractivity contribution in [2.24, 2.45) is 0 Å². The molecule has 214 valence electrons. The fraction of sp³-hybridized carbons (Fsp3) is 0.290. The predicted octanol–water partition coefficient (Wildman–Crippen LogP) is 6.38. The van der Waals surface area contributed by atoms with E-state index in [2.05, 4.69) is 15.6 Å². The summed E-state index contributed by atoms with van der Waals surface area (Å²) in [7, 11) is 1.53. The molecule has 1 unspecified atom stereocenters. The Kier molecular flexibility index (Phi) is 8.01. The number of aromatic nitrogens is 1. The first-order valence-corrected chi connectivity index (χ1v) is 14.1. The fourth-order valence-electron chi connectivity index (χ4n) is 5.54. The molecule has 1 heterocycles. The van der Waals surface area contributed by atoms with Crippen LogP contribution >= 0.6 is 23.2 Å². The molecule has 0 fully saturated rings. The molecule has 2 amide bonds. The number of benzene rings is 3. The summed E-state index contributed by atoms with van der Waals surface area (Å²) in [6.45, 7) is 3.34. The number of carbonyl (C=O) groups is 2. The summed E-state index contributed by atoms with van der Waals surface area (Å²) in [5, 5.41) is 17.2. The molecule has 5 rings (SSSR count). The highest BCUT2D eigenvalue weighted by atomic mass is 35.5. The molecule has 4 aromatic rings. The molecular formula is C31H30Cl2FN3O4. The van der Waals surface area contributed by atoms with Gasteiger partial charge in [-0.1, -0.05) is 35.3 Å². The van der Waals surface area contributed by atoms with Crippen molar-refractivity contribution < 1.29 is 23.8 Å². The maximum atomic E-state index is 14.5. The average molecular weight is 599 g/mol. The van der Waals surface area contributed by atoms with Crippen LogP contribution in [-0.2, 0) is 12.0 Å². The largest absolute Gasteiger partial charge is 0.490 e. The fourth-order valence-corrected chi connectivity index (χ4v) is 5.97. The summed E-state index contributed by atoms with van der Waals surface area (Å²) < 4.78 is 20.5. The Labute approximate surface area is 247 Å². The highest BCUT2D eigenvalue weighted by molar-refractivity contribution is 6.34. The number of hydrogen-bond donors (Lipinski definition) is 4. The number of aryl methyl sites for hydroxylation is 1. The molecular weight excluding hydrogens is 568 g/mol. The molecule has 4 N–H and O–H groups in total. The number of rotatable bonds is 7. The van der Waals surface area contributed by atoms with Crippen molar-refractivity contribution in [2.45, 2.75) is 44.8 Å². The van der Waals surface area contributed by atoms with Crippen LogP contribution in [0.5, 0.6) is 5.75 Å². The lowest BCUT2D eigenvalue weighted by molar-refractivity contribution is 0.0795. The van der Waals surface area contributed by atoms with Gasteiger partial charge in [-0.15, -0.1) is 0 Å². The number of H-pyrrole nitrogens is 1. The first-order valence-electron chi connectivity index (χ1n) is 13.3. The van der Waals surface area contributed by atoms with Gasteiger partial charge in [0.05, 0.1) is 39.4 Å². The number of aromatic amines is 1. The van der Waals surface area contributed by atoms with E-state index in [-0.39, 0.29) is 34.2 Å². The lowest BCUT2D eigenvalue weighted by Crippen LogP contribution is -2.50. The topological polar surface area (TPSA) is 103 Å². The van der Waals surface area contributed by atoms with Crippen LogP contribution in [0.15, 0.2) is 48.5 Å². The summed E-state index contributed by atoms with van der Waals surface area (Å²) in [5.74, 6) is -0.967. The summed E-state index contributed by atoms with van der Waals surface area (Å²) in [5.41, 5.74) is 2.94. The molecule has 10 heteroatoms. The van der Waals surface area contributed by atoms with Crippen molar-refractivity contribution >= 4 is 45.9 Å². The number of amides is 2. The third-order valence-corrected chi connectivity index (χ3v) is 8.01. The maximum Gasteiger partial charge on any atom is 0.255 e. The minimum Gasteiger partial charge on any atom is -0.490 e. The van der Waals surface area contributed by atoms with Crippen molar-refractivity contribution in [3.63, 3.8) is 0 Å². The van der Waals surface area contributed by atoms with Gasteiger partial charge >= 0.3 is 0 Å². The SMILES string of the molecule is CNC(=O)c1ccc(-c2ccc(OC(C)C)c(C(=O)NC3(CO)CCCc4[nH]c5cc(Cl)c(F)cc5c43)c2)cc1Cl. The zero-order valence-corrected chi connectivity index (χ0v) is 24.3. The Balaban J connectivity index is 1.57. The van der Waals surface area contributed by atoms with Gasteiger partial charge in [0, 0.05) is 29.2 Å². The van der Waals surface area contributed by atoms with Gasteiger partial charge in [-0.2, -0.15) is 0 Å². The number of fused-ring (bicyclic) bond motifs is 3. The molecule has 0 saturated heterocycles. The third-order valence-electron chi connectivity index (χ3n) is 7.41. The number of halogens is 3. The second kappa shape index (κ2) is 11.4. The van der Waals surface area contributed by atoms with E-state index in [1.165, 1.54) is 19.2 Å². The molecule has 1 aliphatic carbocycles. The lowest BCUT2D eigenvalue weighted by Gasteiger charge is -2.37. The molecule has 3 aromatic carbocycles. The normalized spacial score (nSPS) is 16.5. The van der Waals surface area contributed by atoms with Crippen LogP contribution in [0.1, 0.15) is 58.7 Å². The molecule has 0 radical (unpaired) electrons. The minimum atomic E-state index is -1.16. The van der Waals surface area contributed by atoms with Crippen molar-refractivity contribution in [3.05, 3.63) is 86.8 Å². The van der Waals surface area contributed by atoms with Crippen LogP contribution in [0, 0.1) is 5.82 Å². The molecule has 0 spiro atoms. The van der Waals surface area contributed by atoms with E-state index in [0.717, 1.165) is 5.69 Å². The van der Waals surface area contributed by atoms with E-state index in [4.69, 9.17) is 27.9 Å². The van der Waals surface area contributed by atoms with E-state index >= 15 is 0 Å². The Morgan fingerprint density at radius 1 is 1.05 bits per heavy atom. The van der Waals surface area contributed by atoms with Gasteiger partial charge in [0.25, 0.3) is 11.8 Å². The zero-order valence-electron chi connectivity index (χ0n) is 22.8. The Bertz CT molecular complexity index is 1670. The van der Waals surface area contributed by atoms with Gasteiger partial charge in [-0.05, 0) is 80.6 Å². The van der Waals surface area contributed by atoms with E-state index in [9.17, 15) is 19.1 Å². The van der Waals surface area contributed by atoms with Crippen molar-refractivity contribution in [1.29, 1.82) is 0 Å². The van der Waals surface area contributed by atoms with E-state index in [0.29, 0.717) is 58.2 Å². The standard InChI is InChI=1S/C31H30Cl2FN3O4/c1-16(2)41-27-9-7-17(18-6-8-19(22(32)12-18)29(39)35-3)11-21(27)30(40)37-31(15-38)10-4-5-25-28(31)20-13-24(34)23(33)14-26(20)36-25/h6-9,11-14,16,36,38H,4-5,10,15H2,1-3H3,(H,35,39)(H,37,40). The molecule has 0 aliphatic heterocycles. The molecule has 1 atom stereocenters. The van der Waals surface area contributed by atoms with Crippen molar-refractivity contribution in [3.8, 4) is 16.9 Å². The zero-order chi connectivity index (χ0) is 29.5. The summed E-state index contributed by atoms with van der Waals surface area (Å²) in [6, 6.07) is 13.1. The quantitative estimate of drug-likeness (QED) is 0.198. The number of ether oxygens (including phenoxy) is 1. The summed E-state index contributed by atoms with van der Waals surface area (Å²) >= 11 is 12.4. The van der Waals surface area contributed by atoms with Gasteiger partial charge in [-0.25, -0.2) is 4.39 Å². The van der Waals surface area contributed by atoms with Crippen molar-refractivity contribution in [1.82, 2.24) is 15.6 Å². The molecule has 0 saturated carbocycles. The number of nitrogens with one attached hydrogen (secondary N) is 3. The second-order valence-corrected chi connectivity index (χ2v) is 11.3. The number of aliphatic hydroxyl groups excluding tert-OH is 1. The molecule has 7 nitrogen and oxygen atoms in total. The Hall–Kier alpha value is -3.59. The maximum absolute atomic E-state index is 14.5. The molecule has 1 aromatic heterocycles. The average Bonchev–Trinajstić information content (AvgIpc) is 3.30. The van der Waals surface area contributed by atoms with E-state index in [1.54, 1.807) is 30.3 Å². The number of aliphatic hydroxyl groups is 1. The van der Waals surface area contributed by atoms with Gasteiger partial charge in [0.1, 0.15) is 11.6 Å². The van der Waals surface area contributed by atoms with E-state index < -0.39 is 17.3 Å². The molecule has 1 aliphatic rings. The highest BCUT2D eigenvalue weighted by Crippen LogP contribution is 2.42. The minimum absolute atomic E-state index is 0.00881. The Morgan fingerprint density at radius 3 is 2.46 bits per heavy atom. The predicted molar refractivity (Wildman–Crippen MR) is 158 cm³/mol. The van der Waals surface area contributed by atoms with Gasteiger partial charge in [0.2, 0.25) is 0 Å². The molecule has 41 heavy (non-hydrogen) atoms. The van der Waals surface area contributed by atoms with Crippen LogP contribution in [-0.4, -0.2) is 41.7 Å². The highest BCUT2D eigenvalue weighted by Gasteiger charge is 2.41. The first kappa shape index (κ1) is 28.9. The second-order valence-electron chi connectivity index (χ2n) is 10.5. The Morgan fingerprint density at radius 2 is 1.78 bits per heavy atom. The van der Waals surface area contributed by atoms with Crippen LogP contribution in [0.25, 0.3) is 22.0 Å². The van der Waals surface area contributed by atoms with Crippen molar-refractivity contribution in [2.75, 3.05) is 13.7 Å². The summed E-state index contributed by atoms with van der Waals surface area (Å²) in [6.07, 6.45) is 1.63. The smallest absolute Gasteiger partial charge is 0.255 e. The van der Waals surface area contributed by atoms with Gasteiger partial charge in [0.15, 0.2) is 0 Å². The van der Waals surface area contributed by atoms with Crippen LogP contribution in [0.2, 0.25) is 10.0 Å². The first-order chi connectivity index (χ1) is 19.6. The van der Waals surface area contributed by atoms with Gasteiger partial charge in [-0.3, -0.25) is 9.59 Å². The monoisotopic (exact) mass is 597 g/mol. The lowest BCUT2D eigenvalue weighted by atomic mass is 9.78. The summed E-state index contributed by atoms with van der Waals surface area (Å²) in [4.78, 5) is 29.4. The third kappa shape index (κ3) is 5.39. The van der Waals surface area contributed by atoms with Crippen LogP contribution < -0.4 is 15.4 Å². The number of carbonyl (C=O) groups excluding carboxylic acids is 2. The van der Waals surface area contributed by atoms with Crippen LogP contribution in [0.4, 0.5) is 4.39 Å².